The summed E-state index contributed by atoms with van der Waals surface area (Å²) in [4.78, 5) is 28.6. The third kappa shape index (κ3) is 4.58. The largest absolute Gasteiger partial charge is 0.491 e. The molecule has 28 heavy (non-hydrogen) atoms. The quantitative estimate of drug-likeness (QED) is 0.700. The zero-order valence-corrected chi connectivity index (χ0v) is 15.0. The first-order chi connectivity index (χ1) is 13.1. The fourth-order valence-electron chi connectivity index (χ4n) is 2.48. The molecule has 2 atom stereocenters. The highest BCUT2D eigenvalue weighted by Crippen LogP contribution is 2.30. The first-order valence-electron chi connectivity index (χ1n) is 8.10. The van der Waals surface area contributed by atoms with E-state index in [-0.39, 0.29) is 24.7 Å². The number of imide groups is 1. The average molecular weight is 399 g/mol. The highest BCUT2D eigenvalue weighted by Gasteiger charge is 2.46. The number of urea groups is 1. The number of aliphatic hydroxyl groups is 1. The van der Waals surface area contributed by atoms with Crippen LogP contribution in [0.2, 0.25) is 0 Å². The van der Waals surface area contributed by atoms with E-state index in [0.717, 1.165) is 34.1 Å². The Balaban J connectivity index is 1.98. The minimum absolute atomic E-state index is 0.0316. The molecule has 1 aliphatic heterocycles. The maximum atomic E-state index is 12.5. The van der Waals surface area contributed by atoms with Crippen LogP contribution in [0.5, 0.6) is 5.75 Å². The van der Waals surface area contributed by atoms with E-state index in [1.807, 2.05) is 0 Å². The normalized spacial score (nSPS) is 20.3. The number of alkyl halides is 3. The summed E-state index contributed by atoms with van der Waals surface area (Å²) in [5, 5.41) is 19.2. The van der Waals surface area contributed by atoms with Crippen LogP contribution >= 0.6 is 0 Å². The van der Waals surface area contributed by atoms with Crippen LogP contribution in [0.4, 0.5) is 18.0 Å². The molecule has 150 valence electrons. The van der Waals surface area contributed by atoms with Crippen molar-refractivity contribution in [2.45, 2.75) is 12.3 Å². The summed E-state index contributed by atoms with van der Waals surface area (Å²) in [5.41, 5.74) is -0.819. The van der Waals surface area contributed by atoms with E-state index in [4.69, 9.17) is 4.74 Å². The van der Waals surface area contributed by atoms with Gasteiger partial charge in [0.15, 0.2) is 0 Å². The number of nitriles is 1. The Labute approximate surface area is 158 Å². The summed E-state index contributed by atoms with van der Waals surface area (Å²) in [7, 11) is 2.64. The molecule has 1 heterocycles. The standard InChI is InChI=1S/C17H17F3N4O4/c1-23-14(13(7-21)15(26)24(2)16(23)27)22-8-11(25)9-28-12-5-3-10(4-6-12)17(18,19)20/h3-6,11,13,25H,8-9H2,1-2H3/p+1. The molecular weight excluding hydrogens is 381 g/mol. The van der Waals surface area contributed by atoms with E-state index in [1.165, 1.54) is 14.1 Å². The van der Waals surface area contributed by atoms with Crippen LogP contribution in [0.15, 0.2) is 24.3 Å². The molecule has 0 spiro atoms. The van der Waals surface area contributed by atoms with Gasteiger partial charge in [0.2, 0.25) is 5.92 Å². The molecule has 1 aliphatic rings. The second kappa shape index (κ2) is 8.26. The van der Waals surface area contributed by atoms with E-state index < -0.39 is 35.7 Å². The summed E-state index contributed by atoms with van der Waals surface area (Å²) < 4.78 is 42.8. The van der Waals surface area contributed by atoms with Crippen molar-refractivity contribution in [2.75, 3.05) is 27.2 Å². The molecule has 0 aliphatic carbocycles. The lowest BCUT2D eigenvalue weighted by molar-refractivity contribution is -0.476. The number of nitrogens with one attached hydrogen (secondary N) is 1. The number of carbonyl (C=O) groups is 2. The second-order valence-electron chi connectivity index (χ2n) is 6.05. The van der Waals surface area contributed by atoms with E-state index in [9.17, 15) is 33.1 Å². The van der Waals surface area contributed by atoms with Gasteiger partial charge < -0.3 is 9.84 Å². The summed E-state index contributed by atoms with van der Waals surface area (Å²) in [6.07, 6.45) is -5.57. The predicted octanol–water partition coefficient (Wildman–Crippen LogP) is -0.412. The molecule has 1 fully saturated rings. The number of amidine groups is 1. The second-order valence-corrected chi connectivity index (χ2v) is 6.05. The summed E-state index contributed by atoms with van der Waals surface area (Å²) >= 11 is 0. The number of rotatable bonds is 5. The van der Waals surface area contributed by atoms with Crippen LogP contribution in [0.1, 0.15) is 5.56 Å². The van der Waals surface area contributed by atoms with Crippen molar-refractivity contribution in [2.24, 2.45) is 5.92 Å². The maximum absolute atomic E-state index is 12.5. The Morgan fingerprint density at radius 1 is 1.25 bits per heavy atom. The lowest BCUT2D eigenvalue weighted by atomic mass is 10.1. The molecule has 1 saturated heterocycles. The average Bonchev–Trinajstić information content (AvgIpc) is 2.66. The van der Waals surface area contributed by atoms with Gasteiger partial charge in [-0.05, 0) is 24.3 Å². The lowest BCUT2D eigenvalue weighted by Gasteiger charge is -2.27. The predicted molar refractivity (Wildman–Crippen MR) is 88.8 cm³/mol. The minimum Gasteiger partial charge on any atom is -0.491 e. The Morgan fingerprint density at radius 2 is 1.86 bits per heavy atom. The van der Waals surface area contributed by atoms with Gasteiger partial charge in [0.05, 0.1) is 18.7 Å². The van der Waals surface area contributed by atoms with Gasteiger partial charge in [-0.15, -0.1) is 0 Å². The number of nitrogens with zero attached hydrogens (tertiary/aromatic N) is 3. The molecular formula is C17H18F3N4O4+. The molecule has 1 aromatic carbocycles. The van der Waals surface area contributed by atoms with Gasteiger partial charge in [-0.25, -0.2) is 9.69 Å². The number of ether oxygens (including phenoxy) is 1. The topological polar surface area (TPSA) is 108 Å². The molecule has 2 unspecified atom stereocenters. The van der Waals surface area contributed by atoms with Crippen LogP contribution in [0.25, 0.3) is 0 Å². The van der Waals surface area contributed by atoms with E-state index in [2.05, 4.69) is 4.99 Å². The highest BCUT2D eigenvalue weighted by atomic mass is 19.4. The van der Waals surface area contributed by atoms with Crippen molar-refractivity contribution in [3.63, 3.8) is 0 Å². The van der Waals surface area contributed by atoms with Crippen molar-refractivity contribution in [1.82, 2.24) is 9.80 Å². The number of benzene rings is 1. The number of halogens is 3. The van der Waals surface area contributed by atoms with Crippen molar-refractivity contribution in [3.8, 4) is 11.8 Å². The third-order valence-corrected chi connectivity index (χ3v) is 4.06. The highest BCUT2D eigenvalue weighted by molar-refractivity contribution is 6.17. The van der Waals surface area contributed by atoms with Crippen LogP contribution in [0, 0.1) is 17.2 Å². The van der Waals surface area contributed by atoms with Crippen LogP contribution in [-0.4, -0.2) is 66.0 Å². The smallest absolute Gasteiger partial charge is 0.417 e. The van der Waals surface area contributed by atoms with Gasteiger partial charge in [0.25, 0.3) is 11.7 Å². The molecule has 0 saturated carbocycles. The molecule has 0 radical (unpaired) electrons. The molecule has 0 aromatic heterocycles. The summed E-state index contributed by atoms with van der Waals surface area (Å²) in [6.45, 7) is -0.406. The molecule has 11 heteroatoms. The summed E-state index contributed by atoms with van der Waals surface area (Å²) in [5.74, 6) is -1.75. The molecule has 2 rings (SSSR count). The minimum atomic E-state index is -4.45. The van der Waals surface area contributed by atoms with E-state index in [0.29, 0.717) is 0 Å². The first kappa shape index (κ1) is 21.2. The zero-order valence-electron chi connectivity index (χ0n) is 15.0. The number of aliphatic hydroxyl groups excluding tert-OH is 1. The van der Waals surface area contributed by atoms with E-state index >= 15 is 0 Å². The van der Waals surface area contributed by atoms with Crippen molar-refractivity contribution in [3.05, 3.63) is 29.8 Å². The van der Waals surface area contributed by atoms with Crippen LogP contribution < -0.4 is 9.73 Å². The fourth-order valence-corrected chi connectivity index (χ4v) is 2.48. The Morgan fingerprint density at radius 3 is 2.39 bits per heavy atom. The molecule has 1 aromatic rings. The van der Waals surface area contributed by atoms with Gasteiger partial charge in [-0.3, -0.25) is 9.79 Å². The van der Waals surface area contributed by atoms with Crippen LogP contribution in [0.3, 0.4) is 0 Å². The van der Waals surface area contributed by atoms with Gasteiger partial charge in [0, 0.05) is 7.05 Å². The Bertz CT molecular complexity index is 817. The number of amides is 3. The van der Waals surface area contributed by atoms with Crippen molar-refractivity contribution in [1.29, 1.82) is 5.26 Å². The van der Waals surface area contributed by atoms with Gasteiger partial charge in [-0.2, -0.15) is 23.3 Å². The van der Waals surface area contributed by atoms with Gasteiger partial charge in [-0.1, -0.05) is 0 Å². The number of hydrogen-bond donors (Lipinski definition) is 2. The molecule has 8 nitrogen and oxygen atoms in total. The third-order valence-electron chi connectivity index (χ3n) is 4.06. The zero-order chi connectivity index (χ0) is 21.1. The first-order valence-corrected chi connectivity index (χ1v) is 8.10. The summed E-state index contributed by atoms with van der Waals surface area (Å²) in [6, 6.07) is 5.14. The Kier molecular flexibility index (Phi) is 6.25. The maximum Gasteiger partial charge on any atom is 0.417 e. The number of hydrogen-bond acceptors (Lipinski definition) is 5. The fraction of sp³-hybridized carbons (Fsp3) is 0.412. The van der Waals surface area contributed by atoms with Gasteiger partial charge >= 0.3 is 12.2 Å². The number of carbonyl (C=O) groups excluding carboxylic acids is 2. The van der Waals surface area contributed by atoms with Crippen molar-refractivity contribution < 1.29 is 37.6 Å². The van der Waals surface area contributed by atoms with Crippen molar-refractivity contribution >= 4 is 17.8 Å². The Hall–Kier alpha value is -3.13. The molecule has 0 bridgehead atoms. The molecule has 3 amide bonds. The monoisotopic (exact) mass is 399 g/mol. The van der Waals surface area contributed by atoms with Crippen LogP contribution in [-0.2, 0) is 11.0 Å². The van der Waals surface area contributed by atoms with E-state index in [1.54, 1.807) is 6.07 Å². The van der Waals surface area contributed by atoms with Gasteiger partial charge in [0.1, 0.15) is 25.0 Å². The molecule has 2 N–H and O–H groups in total. The SMILES string of the molecule is CN1C(=O)C(C#N)C(=[NH+]CC(O)COc2ccc(C(F)(F)F)cc2)N(C)C1=O. The lowest BCUT2D eigenvalue weighted by Crippen LogP contribution is -2.83.